The van der Waals surface area contributed by atoms with E-state index in [1.54, 1.807) is 7.11 Å². The molecule has 0 saturated carbocycles. The van der Waals surface area contributed by atoms with Crippen LogP contribution in [0.5, 0.6) is 5.75 Å². The van der Waals surface area contributed by atoms with E-state index >= 15 is 0 Å². The molecule has 0 aromatic heterocycles. The molecule has 0 bridgehead atoms. The zero-order chi connectivity index (χ0) is 13.6. The number of nitrogens with one attached hydrogen (secondary N) is 1. The van der Waals surface area contributed by atoms with Crippen molar-refractivity contribution in [3.05, 3.63) is 29.3 Å². The first-order chi connectivity index (χ1) is 8.48. The summed E-state index contributed by atoms with van der Waals surface area (Å²) in [5.41, 5.74) is 3.03. The van der Waals surface area contributed by atoms with E-state index in [1.165, 1.54) is 24.0 Å². The third-order valence-electron chi connectivity index (χ3n) is 3.60. The number of hydrogen-bond acceptors (Lipinski definition) is 2. The number of hydrogen-bond donors (Lipinski definition) is 1. The average Bonchev–Trinajstić information content (AvgIpc) is 2.34. The predicted molar refractivity (Wildman–Crippen MR) is 78.4 cm³/mol. The van der Waals surface area contributed by atoms with Gasteiger partial charge in [0.1, 0.15) is 5.75 Å². The summed E-state index contributed by atoms with van der Waals surface area (Å²) in [5, 5.41) is 3.23. The minimum absolute atomic E-state index is 0.400. The summed E-state index contributed by atoms with van der Waals surface area (Å²) in [4.78, 5) is 0. The molecule has 18 heavy (non-hydrogen) atoms. The second kappa shape index (κ2) is 6.79. The van der Waals surface area contributed by atoms with Gasteiger partial charge in [-0.15, -0.1) is 0 Å². The summed E-state index contributed by atoms with van der Waals surface area (Å²) in [6, 6.07) is 6.50. The molecule has 2 heteroatoms. The Morgan fingerprint density at radius 1 is 1.22 bits per heavy atom. The molecule has 0 atom stereocenters. The fourth-order valence-electron chi connectivity index (χ4n) is 2.17. The molecule has 1 aromatic carbocycles. The van der Waals surface area contributed by atoms with E-state index in [9.17, 15) is 0 Å². The van der Waals surface area contributed by atoms with Crippen LogP contribution in [0.2, 0.25) is 0 Å². The van der Waals surface area contributed by atoms with E-state index in [0.29, 0.717) is 5.41 Å². The van der Waals surface area contributed by atoms with Crippen LogP contribution >= 0.6 is 0 Å². The van der Waals surface area contributed by atoms with Gasteiger partial charge in [-0.25, -0.2) is 0 Å². The van der Waals surface area contributed by atoms with E-state index in [4.69, 9.17) is 4.74 Å². The summed E-state index contributed by atoms with van der Waals surface area (Å²) in [7, 11) is 3.74. The van der Waals surface area contributed by atoms with Gasteiger partial charge in [-0.3, -0.25) is 0 Å². The zero-order valence-electron chi connectivity index (χ0n) is 12.5. The van der Waals surface area contributed by atoms with Gasteiger partial charge >= 0.3 is 0 Å². The van der Waals surface area contributed by atoms with Crippen molar-refractivity contribution in [2.75, 3.05) is 20.7 Å². The Bertz CT molecular complexity index is 371. The Morgan fingerprint density at radius 2 is 1.94 bits per heavy atom. The Kier molecular flexibility index (Phi) is 5.67. The first-order valence-corrected chi connectivity index (χ1v) is 6.76. The Balaban J connectivity index is 2.55. The average molecular weight is 249 g/mol. The maximum absolute atomic E-state index is 5.29. The van der Waals surface area contributed by atoms with Gasteiger partial charge in [0.05, 0.1) is 7.11 Å². The van der Waals surface area contributed by atoms with Gasteiger partial charge in [-0.2, -0.15) is 0 Å². The third kappa shape index (κ3) is 4.69. The van der Waals surface area contributed by atoms with Crippen LogP contribution in [0.4, 0.5) is 0 Å². The molecule has 0 saturated heterocycles. The molecule has 1 rings (SSSR count). The van der Waals surface area contributed by atoms with E-state index < -0.39 is 0 Å². The van der Waals surface area contributed by atoms with Crippen LogP contribution in [-0.2, 0) is 6.42 Å². The SMILES string of the molecule is CNCCC(C)(C)CCc1ccc(OC)c(C)c1. The van der Waals surface area contributed by atoms with Crippen LogP contribution in [0.3, 0.4) is 0 Å². The molecular formula is C16H27NO. The first-order valence-electron chi connectivity index (χ1n) is 6.76. The lowest BCUT2D eigenvalue weighted by Crippen LogP contribution is -2.20. The molecule has 0 heterocycles. The van der Waals surface area contributed by atoms with Crippen molar-refractivity contribution < 1.29 is 4.74 Å². The maximum atomic E-state index is 5.29. The van der Waals surface area contributed by atoms with Crippen molar-refractivity contribution in [2.24, 2.45) is 5.41 Å². The second-order valence-corrected chi connectivity index (χ2v) is 5.82. The molecule has 0 aliphatic rings. The van der Waals surface area contributed by atoms with Gasteiger partial charge in [0.15, 0.2) is 0 Å². The standard InChI is InChI=1S/C16H27NO/c1-13-12-14(6-7-15(13)18-5)8-9-16(2,3)10-11-17-4/h6-7,12,17H,8-11H2,1-5H3. The predicted octanol–water partition coefficient (Wildman–Crippen LogP) is 3.57. The number of benzene rings is 1. The minimum Gasteiger partial charge on any atom is -0.496 e. The molecule has 0 aliphatic heterocycles. The van der Waals surface area contributed by atoms with Crippen molar-refractivity contribution in [1.29, 1.82) is 0 Å². The Hall–Kier alpha value is -1.02. The van der Waals surface area contributed by atoms with Crippen molar-refractivity contribution in [1.82, 2.24) is 5.32 Å². The number of ether oxygens (including phenoxy) is 1. The molecule has 1 aromatic rings. The molecule has 0 unspecified atom stereocenters. The first kappa shape index (κ1) is 15.0. The van der Waals surface area contributed by atoms with Crippen LogP contribution in [0.25, 0.3) is 0 Å². The fourth-order valence-corrected chi connectivity index (χ4v) is 2.17. The van der Waals surface area contributed by atoms with Crippen LogP contribution < -0.4 is 10.1 Å². The van der Waals surface area contributed by atoms with Crippen molar-refractivity contribution in [3.63, 3.8) is 0 Å². The van der Waals surface area contributed by atoms with Gasteiger partial charge < -0.3 is 10.1 Å². The molecular weight excluding hydrogens is 222 g/mol. The molecule has 0 fully saturated rings. The summed E-state index contributed by atoms with van der Waals surface area (Å²) in [6.07, 6.45) is 3.58. The van der Waals surface area contributed by atoms with Crippen molar-refractivity contribution >= 4 is 0 Å². The monoisotopic (exact) mass is 249 g/mol. The largest absolute Gasteiger partial charge is 0.496 e. The highest BCUT2D eigenvalue weighted by molar-refractivity contribution is 5.36. The van der Waals surface area contributed by atoms with E-state index in [0.717, 1.165) is 18.7 Å². The number of rotatable bonds is 7. The lowest BCUT2D eigenvalue weighted by atomic mass is 9.83. The fraction of sp³-hybridized carbons (Fsp3) is 0.625. The Labute approximate surface area is 112 Å². The number of aryl methyl sites for hydroxylation is 2. The number of methoxy groups -OCH3 is 1. The van der Waals surface area contributed by atoms with Gasteiger partial charge in [0.2, 0.25) is 0 Å². The van der Waals surface area contributed by atoms with Crippen molar-refractivity contribution in [2.45, 2.75) is 40.0 Å². The van der Waals surface area contributed by atoms with Crippen LogP contribution in [-0.4, -0.2) is 20.7 Å². The molecule has 0 aliphatic carbocycles. The quantitative estimate of drug-likeness (QED) is 0.797. The molecule has 0 amide bonds. The second-order valence-electron chi connectivity index (χ2n) is 5.82. The van der Waals surface area contributed by atoms with E-state index in [2.05, 4.69) is 44.3 Å². The highest BCUT2D eigenvalue weighted by Crippen LogP contribution is 2.27. The highest BCUT2D eigenvalue weighted by Gasteiger charge is 2.17. The van der Waals surface area contributed by atoms with Gasteiger partial charge in [0, 0.05) is 0 Å². The van der Waals surface area contributed by atoms with E-state index in [1.807, 2.05) is 7.05 Å². The van der Waals surface area contributed by atoms with Gasteiger partial charge in [-0.05, 0) is 62.4 Å². The summed E-state index contributed by atoms with van der Waals surface area (Å²) in [6.45, 7) is 7.89. The van der Waals surface area contributed by atoms with Crippen LogP contribution in [0.15, 0.2) is 18.2 Å². The Morgan fingerprint density at radius 3 is 2.50 bits per heavy atom. The van der Waals surface area contributed by atoms with Crippen LogP contribution in [0.1, 0.15) is 37.8 Å². The molecule has 102 valence electrons. The topological polar surface area (TPSA) is 21.3 Å². The molecule has 1 N–H and O–H groups in total. The maximum Gasteiger partial charge on any atom is 0.121 e. The van der Waals surface area contributed by atoms with Crippen molar-refractivity contribution in [3.8, 4) is 5.75 Å². The lowest BCUT2D eigenvalue weighted by Gasteiger charge is -2.24. The minimum atomic E-state index is 0.400. The summed E-state index contributed by atoms with van der Waals surface area (Å²) < 4.78 is 5.29. The highest BCUT2D eigenvalue weighted by atomic mass is 16.5. The van der Waals surface area contributed by atoms with Gasteiger partial charge in [-0.1, -0.05) is 26.0 Å². The zero-order valence-corrected chi connectivity index (χ0v) is 12.5. The molecule has 0 radical (unpaired) electrons. The summed E-state index contributed by atoms with van der Waals surface area (Å²) in [5.74, 6) is 0.980. The molecule has 2 nitrogen and oxygen atoms in total. The molecule has 0 spiro atoms. The summed E-state index contributed by atoms with van der Waals surface area (Å²) >= 11 is 0. The third-order valence-corrected chi connectivity index (χ3v) is 3.60. The smallest absolute Gasteiger partial charge is 0.121 e. The normalized spacial score (nSPS) is 11.6. The van der Waals surface area contributed by atoms with E-state index in [-0.39, 0.29) is 0 Å². The van der Waals surface area contributed by atoms with Crippen LogP contribution in [0, 0.1) is 12.3 Å². The van der Waals surface area contributed by atoms with Gasteiger partial charge in [0.25, 0.3) is 0 Å². The lowest BCUT2D eigenvalue weighted by molar-refractivity contribution is 0.305.